The molecule has 0 bridgehead atoms. The van der Waals surface area contributed by atoms with Gasteiger partial charge in [0.05, 0.1) is 16.8 Å². The third-order valence-corrected chi connectivity index (χ3v) is 4.50. The Morgan fingerprint density at radius 2 is 1.79 bits per heavy atom. The molecule has 0 atom stereocenters. The van der Waals surface area contributed by atoms with E-state index in [0.29, 0.717) is 6.61 Å². The van der Waals surface area contributed by atoms with E-state index in [0.717, 1.165) is 39.2 Å². The molecule has 0 aliphatic heterocycles. The fourth-order valence-corrected chi connectivity index (χ4v) is 2.92. The Bertz CT molecular complexity index is 1140. The first-order chi connectivity index (χ1) is 14.2. The average molecular weight is 387 g/mol. The van der Waals surface area contributed by atoms with Crippen molar-refractivity contribution in [3.05, 3.63) is 96.1 Å². The van der Waals surface area contributed by atoms with E-state index in [1.165, 1.54) is 12.1 Å². The van der Waals surface area contributed by atoms with E-state index in [4.69, 9.17) is 4.84 Å². The van der Waals surface area contributed by atoms with Crippen LogP contribution in [0.25, 0.3) is 10.9 Å². The van der Waals surface area contributed by atoms with E-state index in [-0.39, 0.29) is 5.82 Å². The van der Waals surface area contributed by atoms with Gasteiger partial charge in [-0.2, -0.15) is 0 Å². The van der Waals surface area contributed by atoms with Gasteiger partial charge in [-0.15, -0.1) is 4.98 Å². The van der Waals surface area contributed by atoms with Gasteiger partial charge in [-0.05, 0) is 66.6 Å². The first-order valence-corrected chi connectivity index (χ1v) is 9.23. The predicted molar refractivity (Wildman–Crippen MR) is 111 cm³/mol. The molecule has 1 heterocycles. The van der Waals surface area contributed by atoms with Crippen LogP contribution in [0.4, 0.5) is 15.9 Å². The van der Waals surface area contributed by atoms with Crippen LogP contribution in [0.15, 0.2) is 84.3 Å². The lowest BCUT2D eigenvalue weighted by molar-refractivity contribution is -0.363. The lowest BCUT2D eigenvalue weighted by Gasteiger charge is -2.05. The summed E-state index contributed by atoms with van der Waals surface area (Å²) in [5, 5.41) is 8.56. The summed E-state index contributed by atoms with van der Waals surface area (Å²) in [5.74, 6) is 0.621. The summed E-state index contributed by atoms with van der Waals surface area (Å²) in [6, 6.07) is 22.0. The van der Waals surface area contributed by atoms with E-state index in [1.54, 1.807) is 18.5 Å². The van der Waals surface area contributed by atoms with E-state index >= 15 is 0 Å². The number of para-hydroxylation sites is 1. The maximum Gasteiger partial charge on any atom is 0.234 e. The molecule has 0 amide bonds. The molecule has 4 aromatic rings. The number of H-pyrrole nitrogens is 1. The Morgan fingerprint density at radius 1 is 1.03 bits per heavy atom. The summed E-state index contributed by atoms with van der Waals surface area (Å²) in [5.41, 5.74) is 4.45. The largest absolute Gasteiger partial charge is 0.391 e. The van der Waals surface area contributed by atoms with Crippen LogP contribution in [0.1, 0.15) is 18.1 Å². The summed E-state index contributed by atoms with van der Waals surface area (Å²) < 4.78 is 12.9. The molecule has 0 radical (unpaired) electrons. The maximum absolute atomic E-state index is 12.9. The molecule has 0 unspecified atom stereocenters. The SMILES string of the molecule is CC(=NOCc1ccc(F)cc1)c1ccc(Nc2[nH+]cnc3ccccc23)cc1. The zero-order valence-electron chi connectivity index (χ0n) is 15.9. The number of hydrogen-bond acceptors (Lipinski definition) is 4. The Labute approximate surface area is 167 Å². The van der Waals surface area contributed by atoms with Crippen molar-refractivity contribution in [1.29, 1.82) is 0 Å². The lowest BCUT2D eigenvalue weighted by Crippen LogP contribution is -2.11. The van der Waals surface area contributed by atoms with Crippen LogP contribution in [-0.2, 0) is 11.4 Å². The third-order valence-electron chi connectivity index (χ3n) is 4.50. The number of benzene rings is 3. The molecule has 4 rings (SSSR count). The molecule has 2 N–H and O–H groups in total. The van der Waals surface area contributed by atoms with Gasteiger partial charge in [0.15, 0.2) is 5.52 Å². The second-order valence-corrected chi connectivity index (χ2v) is 6.57. The average Bonchev–Trinajstić information content (AvgIpc) is 2.76. The highest BCUT2D eigenvalue weighted by atomic mass is 19.1. The van der Waals surface area contributed by atoms with Crippen LogP contribution < -0.4 is 10.3 Å². The van der Waals surface area contributed by atoms with Crippen LogP contribution in [0.5, 0.6) is 0 Å². The summed E-state index contributed by atoms with van der Waals surface area (Å²) in [6.45, 7) is 2.18. The number of hydrogen-bond donors (Lipinski definition) is 1. The maximum atomic E-state index is 12.9. The molecule has 0 spiro atoms. The molecule has 0 aliphatic carbocycles. The van der Waals surface area contributed by atoms with Crippen molar-refractivity contribution in [3.8, 4) is 0 Å². The first kappa shape index (κ1) is 18.6. The zero-order chi connectivity index (χ0) is 20.1. The van der Waals surface area contributed by atoms with Crippen LogP contribution in [0.2, 0.25) is 0 Å². The minimum atomic E-state index is -0.264. The predicted octanol–water partition coefficient (Wildman–Crippen LogP) is 4.87. The number of halogens is 1. The van der Waals surface area contributed by atoms with Crippen LogP contribution in [0.3, 0.4) is 0 Å². The lowest BCUT2D eigenvalue weighted by atomic mass is 10.1. The molecule has 1 aromatic heterocycles. The standard InChI is InChI=1S/C23H19FN4O/c1-16(28-29-14-17-6-10-19(24)11-7-17)18-8-12-20(13-9-18)27-23-21-4-2-3-5-22(21)25-15-26-23/h2-13,15H,14H2,1H3,(H,25,26,27)/p+1. The van der Waals surface area contributed by atoms with Gasteiger partial charge in [-0.1, -0.05) is 29.4 Å². The zero-order valence-corrected chi connectivity index (χ0v) is 15.9. The Balaban J connectivity index is 1.42. The molecule has 144 valence electrons. The highest BCUT2D eigenvalue weighted by Crippen LogP contribution is 2.21. The van der Waals surface area contributed by atoms with E-state index in [2.05, 4.69) is 20.4 Å². The minimum absolute atomic E-state index is 0.264. The molecule has 0 saturated carbocycles. The van der Waals surface area contributed by atoms with Gasteiger partial charge in [0.1, 0.15) is 12.4 Å². The molecular formula is C23H20FN4O+. The minimum Gasteiger partial charge on any atom is -0.391 e. The summed E-state index contributed by atoms with van der Waals surface area (Å²) >= 11 is 0. The number of aromatic nitrogens is 2. The van der Waals surface area contributed by atoms with Gasteiger partial charge in [-0.25, -0.2) is 9.37 Å². The van der Waals surface area contributed by atoms with Crippen molar-refractivity contribution >= 4 is 28.1 Å². The van der Waals surface area contributed by atoms with Gasteiger partial charge in [0, 0.05) is 0 Å². The van der Waals surface area contributed by atoms with Crippen molar-refractivity contribution in [2.75, 3.05) is 5.32 Å². The van der Waals surface area contributed by atoms with Crippen LogP contribution >= 0.6 is 0 Å². The summed E-state index contributed by atoms with van der Waals surface area (Å²) in [7, 11) is 0. The highest BCUT2D eigenvalue weighted by Gasteiger charge is 2.09. The number of aromatic amines is 1. The molecule has 0 saturated heterocycles. The van der Waals surface area contributed by atoms with Crippen molar-refractivity contribution < 1.29 is 14.2 Å². The molecule has 0 fully saturated rings. The van der Waals surface area contributed by atoms with E-state index < -0.39 is 0 Å². The number of fused-ring (bicyclic) bond motifs is 1. The van der Waals surface area contributed by atoms with Gasteiger partial charge in [0.2, 0.25) is 12.1 Å². The molecule has 5 nitrogen and oxygen atoms in total. The third kappa shape index (κ3) is 4.55. The van der Waals surface area contributed by atoms with Gasteiger partial charge in [-0.3, -0.25) is 5.32 Å². The van der Waals surface area contributed by atoms with Gasteiger partial charge < -0.3 is 4.84 Å². The highest BCUT2D eigenvalue weighted by molar-refractivity contribution is 5.98. The topological polar surface area (TPSA) is 60.6 Å². The number of oxime groups is 1. The summed E-state index contributed by atoms with van der Waals surface area (Å²) in [6.07, 6.45) is 1.67. The van der Waals surface area contributed by atoms with Crippen LogP contribution in [0, 0.1) is 5.82 Å². The summed E-state index contributed by atoms with van der Waals surface area (Å²) in [4.78, 5) is 12.9. The monoisotopic (exact) mass is 387 g/mol. The molecule has 6 heteroatoms. The Hall–Kier alpha value is -3.80. The number of nitrogens with one attached hydrogen (secondary N) is 2. The fraction of sp³-hybridized carbons (Fsp3) is 0.0870. The second kappa shape index (κ2) is 8.48. The number of rotatable bonds is 6. The van der Waals surface area contributed by atoms with E-state index in [9.17, 15) is 4.39 Å². The Morgan fingerprint density at radius 3 is 2.59 bits per heavy atom. The number of nitrogens with zero attached hydrogens (tertiary/aromatic N) is 2. The first-order valence-electron chi connectivity index (χ1n) is 9.23. The smallest absolute Gasteiger partial charge is 0.234 e. The van der Waals surface area contributed by atoms with Crippen LogP contribution in [-0.4, -0.2) is 10.7 Å². The second-order valence-electron chi connectivity index (χ2n) is 6.57. The van der Waals surface area contributed by atoms with Crippen molar-refractivity contribution in [3.63, 3.8) is 0 Å². The van der Waals surface area contributed by atoms with Crippen molar-refractivity contribution in [2.45, 2.75) is 13.5 Å². The van der Waals surface area contributed by atoms with Gasteiger partial charge in [0.25, 0.3) is 0 Å². The normalized spacial score (nSPS) is 11.4. The van der Waals surface area contributed by atoms with Crippen molar-refractivity contribution in [1.82, 2.24) is 4.98 Å². The fourth-order valence-electron chi connectivity index (χ4n) is 2.92. The molecular weight excluding hydrogens is 367 g/mol. The quantitative estimate of drug-likeness (QED) is 0.379. The number of anilines is 2. The van der Waals surface area contributed by atoms with E-state index in [1.807, 2.05) is 55.5 Å². The molecule has 3 aromatic carbocycles. The van der Waals surface area contributed by atoms with Gasteiger partial charge >= 0.3 is 0 Å². The Kier molecular flexibility index (Phi) is 5.42. The molecule has 0 aliphatic rings. The molecule has 29 heavy (non-hydrogen) atoms. The van der Waals surface area contributed by atoms with Crippen molar-refractivity contribution in [2.24, 2.45) is 5.16 Å².